The number of carbonyl (C=O) groups is 2. The summed E-state index contributed by atoms with van der Waals surface area (Å²) in [5.74, 6) is 0.893. The standard InChI is InChI=1S/C25H21NO4/c1-16(27)19-8-10-20(11-9-19)26-25(28)24-17(2)30-23-13-12-21(14-22(23)24)29-15-18-6-4-3-5-7-18/h3-14H,15H2,1-2H3,(H,26,28). The number of amides is 1. The number of anilines is 1. The highest BCUT2D eigenvalue weighted by molar-refractivity contribution is 6.13. The monoisotopic (exact) mass is 399 g/mol. The van der Waals surface area contributed by atoms with Gasteiger partial charge in [0.1, 0.15) is 23.7 Å². The molecule has 0 radical (unpaired) electrons. The minimum absolute atomic E-state index is 0.0208. The molecule has 1 aromatic heterocycles. The van der Waals surface area contributed by atoms with Crippen molar-refractivity contribution in [1.82, 2.24) is 0 Å². The van der Waals surface area contributed by atoms with Gasteiger partial charge in [-0.25, -0.2) is 0 Å². The number of hydrogen-bond donors (Lipinski definition) is 1. The molecule has 0 fully saturated rings. The lowest BCUT2D eigenvalue weighted by molar-refractivity contribution is 0.101. The van der Waals surface area contributed by atoms with Crippen LogP contribution in [0.5, 0.6) is 5.75 Å². The Hall–Kier alpha value is -3.86. The lowest BCUT2D eigenvalue weighted by Gasteiger charge is -2.07. The summed E-state index contributed by atoms with van der Waals surface area (Å²) in [6, 6.07) is 22.1. The van der Waals surface area contributed by atoms with E-state index in [1.165, 1.54) is 6.92 Å². The SMILES string of the molecule is CC(=O)c1ccc(NC(=O)c2c(C)oc3ccc(OCc4ccccc4)cc23)cc1. The normalized spacial score (nSPS) is 10.7. The van der Waals surface area contributed by atoms with Crippen molar-refractivity contribution in [2.45, 2.75) is 20.5 Å². The lowest BCUT2D eigenvalue weighted by Crippen LogP contribution is -2.12. The van der Waals surface area contributed by atoms with Crippen LogP contribution < -0.4 is 10.1 Å². The highest BCUT2D eigenvalue weighted by atomic mass is 16.5. The maximum Gasteiger partial charge on any atom is 0.259 e. The molecule has 0 aliphatic rings. The first-order chi connectivity index (χ1) is 14.5. The van der Waals surface area contributed by atoms with E-state index in [4.69, 9.17) is 9.15 Å². The molecule has 4 aromatic rings. The zero-order chi connectivity index (χ0) is 21.1. The summed E-state index contributed by atoms with van der Waals surface area (Å²) in [7, 11) is 0. The molecule has 0 saturated heterocycles. The number of hydrogen-bond acceptors (Lipinski definition) is 4. The molecule has 5 heteroatoms. The zero-order valence-corrected chi connectivity index (χ0v) is 16.8. The van der Waals surface area contributed by atoms with Crippen molar-refractivity contribution >= 4 is 28.3 Å². The first-order valence-electron chi connectivity index (χ1n) is 9.63. The molecule has 5 nitrogen and oxygen atoms in total. The fourth-order valence-corrected chi connectivity index (χ4v) is 3.29. The van der Waals surface area contributed by atoms with Gasteiger partial charge in [0, 0.05) is 16.6 Å². The van der Waals surface area contributed by atoms with Crippen LogP contribution in [-0.2, 0) is 6.61 Å². The quantitative estimate of drug-likeness (QED) is 0.418. The number of aryl methyl sites for hydroxylation is 1. The van der Waals surface area contributed by atoms with Crippen molar-refractivity contribution in [3.63, 3.8) is 0 Å². The zero-order valence-electron chi connectivity index (χ0n) is 16.8. The third-order valence-electron chi connectivity index (χ3n) is 4.86. The summed E-state index contributed by atoms with van der Waals surface area (Å²) in [6.45, 7) is 3.71. The Kier molecular flexibility index (Phi) is 5.35. The highest BCUT2D eigenvalue weighted by Gasteiger charge is 2.19. The third kappa shape index (κ3) is 4.10. The van der Waals surface area contributed by atoms with Gasteiger partial charge >= 0.3 is 0 Å². The molecule has 0 atom stereocenters. The van der Waals surface area contributed by atoms with Crippen LogP contribution >= 0.6 is 0 Å². The molecule has 30 heavy (non-hydrogen) atoms. The van der Waals surface area contributed by atoms with Gasteiger partial charge in [0.25, 0.3) is 5.91 Å². The van der Waals surface area contributed by atoms with Gasteiger partial charge in [-0.3, -0.25) is 9.59 Å². The second-order valence-electron chi connectivity index (χ2n) is 7.05. The van der Waals surface area contributed by atoms with Crippen LogP contribution in [-0.4, -0.2) is 11.7 Å². The number of Topliss-reactive ketones (excluding diaryl/α,β-unsaturated/α-hetero) is 1. The number of furan rings is 1. The van der Waals surface area contributed by atoms with Crippen LogP contribution in [0.4, 0.5) is 5.69 Å². The second kappa shape index (κ2) is 8.25. The van der Waals surface area contributed by atoms with Gasteiger partial charge in [-0.15, -0.1) is 0 Å². The Morgan fingerprint density at radius 2 is 1.70 bits per heavy atom. The molecule has 1 amide bonds. The van der Waals surface area contributed by atoms with Gasteiger partial charge < -0.3 is 14.5 Å². The topological polar surface area (TPSA) is 68.5 Å². The summed E-state index contributed by atoms with van der Waals surface area (Å²) in [6.07, 6.45) is 0. The van der Waals surface area contributed by atoms with Gasteiger partial charge in [0.15, 0.2) is 5.78 Å². The highest BCUT2D eigenvalue weighted by Crippen LogP contribution is 2.30. The van der Waals surface area contributed by atoms with E-state index in [-0.39, 0.29) is 11.7 Å². The Balaban J connectivity index is 1.57. The average molecular weight is 399 g/mol. The van der Waals surface area contributed by atoms with E-state index in [1.807, 2.05) is 42.5 Å². The Morgan fingerprint density at radius 1 is 0.967 bits per heavy atom. The minimum atomic E-state index is -0.276. The number of rotatable bonds is 6. The molecule has 3 aromatic carbocycles. The first kappa shape index (κ1) is 19.5. The van der Waals surface area contributed by atoms with Crippen molar-refractivity contribution in [3.8, 4) is 5.75 Å². The van der Waals surface area contributed by atoms with Crippen LogP contribution in [0.2, 0.25) is 0 Å². The number of fused-ring (bicyclic) bond motifs is 1. The summed E-state index contributed by atoms with van der Waals surface area (Å²) in [4.78, 5) is 24.4. The van der Waals surface area contributed by atoms with Gasteiger partial charge in [-0.1, -0.05) is 30.3 Å². The summed E-state index contributed by atoms with van der Waals surface area (Å²) >= 11 is 0. The maximum atomic E-state index is 12.9. The predicted molar refractivity (Wildman–Crippen MR) is 116 cm³/mol. The van der Waals surface area contributed by atoms with Crippen molar-refractivity contribution in [3.05, 3.63) is 95.2 Å². The molecule has 4 rings (SSSR count). The lowest BCUT2D eigenvalue weighted by atomic mass is 10.1. The fraction of sp³-hybridized carbons (Fsp3) is 0.120. The molecule has 0 saturated carbocycles. The molecule has 1 heterocycles. The summed E-state index contributed by atoms with van der Waals surface area (Å²) in [5, 5.41) is 3.56. The predicted octanol–water partition coefficient (Wildman–Crippen LogP) is 5.78. The average Bonchev–Trinajstić information content (AvgIpc) is 3.08. The van der Waals surface area contributed by atoms with E-state index >= 15 is 0 Å². The Bertz CT molecular complexity index is 1210. The van der Waals surface area contributed by atoms with Crippen molar-refractivity contribution < 1.29 is 18.7 Å². The van der Waals surface area contributed by atoms with Gasteiger partial charge in [-0.05, 0) is 61.9 Å². The van der Waals surface area contributed by atoms with Crippen LogP contribution in [0, 0.1) is 6.92 Å². The first-order valence-corrected chi connectivity index (χ1v) is 9.63. The van der Waals surface area contributed by atoms with Crippen molar-refractivity contribution in [2.24, 2.45) is 0 Å². The van der Waals surface area contributed by atoms with Crippen molar-refractivity contribution in [2.75, 3.05) is 5.32 Å². The molecule has 0 bridgehead atoms. The van der Waals surface area contributed by atoms with Crippen LogP contribution in [0.3, 0.4) is 0 Å². The number of carbonyl (C=O) groups excluding carboxylic acids is 2. The van der Waals surface area contributed by atoms with Crippen LogP contribution in [0.25, 0.3) is 11.0 Å². The molecule has 1 N–H and O–H groups in total. The number of benzene rings is 3. The smallest absolute Gasteiger partial charge is 0.259 e. The van der Waals surface area contributed by atoms with Crippen LogP contribution in [0.1, 0.15) is 39.0 Å². The number of ether oxygens (including phenoxy) is 1. The minimum Gasteiger partial charge on any atom is -0.489 e. The van der Waals surface area contributed by atoms with E-state index in [0.29, 0.717) is 45.9 Å². The number of ketones is 1. The molecule has 0 aliphatic carbocycles. The van der Waals surface area contributed by atoms with E-state index in [9.17, 15) is 9.59 Å². The van der Waals surface area contributed by atoms with E-state index < -0.39 is 0 Å². The van der Waals surface area contributed by atoms with E-state index in [0.717, 1.165) is 5.56 Å². The fourth-order valence-electron chi connectivity index (χ4n) is 3.29. The van der Waals surface area contributed by atoms with E-state index in [1.54, 1.807) is 37.3 Å². The van der Waals surface area contributed by atoms with Crippen LogP contribution in [0.15, 0.2) is 77.2 Å². The molecular formula is C25H21NO4. The van der Waals surface area contributed by atoms with Gasteiger partial charge in [-0.2, -0.15) is 0 Å². The molecule has 0 spiro atoms. The maximum absolute atomic E-state index is 12.9. The summed E-state index contributed by atoms with van der Waals surface area (Å²) < 4.78 is 11.7. The Morgan fingerprint density at radius 3 is 2.40 bits per heavy atom. The largest absolute Gasteiger partial charge is 0.489 e. The van der Waals surface area contributed by atoms with Gasteiger partial charge in [0.05, 0.1) is 5.56 Å². The summed E-state index contributed by atoms with van der Waals surface area (Å²) in [5.41, 5.74) is 3.35. The second-order valence-corrected chi connectivity index (χ2v) is 7.05. The third-order valence-corrected chi connectivity index (χ3v) is 4.86. The molecule has 150 valence electrons. The molecular weight excluding hydrogens is 378 g/mol. The molecule has 0 unspecified atom stereocenters. The van der Waals surface area contributed by atoms with E-state index in [2.05, 4.69) is 5.32 Å². The number of nitrogens with one attached hydrogen (secondary N) is 1. The van der Waals surface area contributed by atoms with Gasteiger partial charge in [0.2, 0.25) is 0 Å². The van der Waals surface area contributed by atoms with Crippen molar-refractivity contribution in [1.29, 1.82) is 0 Å². The molecule has 0 aliphatic heterocycles. The Labute approximate surface area is 174 Å².